The zero-order valence-corrected chi connectivity index (χ0v) is 19.0. The highest BCUT2D eigenvalue weighted by Crippen LogP contribution is 2.49. The molecule has 0 aliphatic carbocycles. The molecule has 0 fully saturated rings. The summed E-state index contributed by atoms with van der Waals surface area (Å²) in [6.07, 6.45) is -0.611. The van der Waals surface area contributed by atoms with Crippen LogP contribution >= 0.6 is 77.2 Å². The maximum atomic E-state index is 12.4. The molecule has 0 amide bonds. The Hall–Kier alpha value is 0.580. The van der Waals surface area contributed by atoms with Crippen LogP contribution in [-0.2, 0) is 26.0 Å². The number of hydrogen-bond donors (Lipinski definition) is 0. The van der Waals surface area contributed by atoms with Gasteiger partial charge in [-0.15, -0.1) is 0 Å². The highest BCUT2D eigenvalue weighted by Gasteiger charge is 2.34. The highest BCUT2D eigenvalue weighted by atomic mass is 35.6. The molecule has 0 bridgehead atoms. The van der Waals surface area contributed by atoms with E-state index in [0.29, 0.717) is 0 Å². The third kappa shape index (κ3) is 7.54. The fraction of sp³-hybridized carbons (Fsp3) is 0.500. The summed E-state index contributed by atoms with van der Waals surface area (Å²) in [7, 11) is -3.64. The molecule has 0 aliphatic rings. The second kappa shape index (κ2) is 9.87. The van der Waals surface area contributed by atoms with Crippen LogP contribution in [0.4, 0.5) is 0 Å². The monoisotopic (exact) mass is 504 g/mol. The third-order valence-corrected chi connectivity index (χ3v) is 6.02. The van der Waals surface area contributed by atoms with Crippen molar-refractivity contribution in [1.82, 2.24) is 0 Å². The second-order valence-electron chi connectivity index (χ2n) is 4.79. The van der Waals surface area contributed by atoms with Crippen LogP contribution in [0.3, 0.4) is 0 Å². The summed E-state index contributed by atoms with van der Waals surface area (Å²) < 4.78 is 23.9. The fourth-order valence-corrected chi connectivity index (χ4v) is 4.07. The summed E-state index contributed by atoms with van der Waals surface area (Å²) in [6, 6.07) is 3.98. The number of ether oxygens (including phenoxy) is 1. The number of benzene rings is 1. The van der Waals surface area contributed by atoms with Crippen LogP contribution in [-0.4, -0.2) is 25.3 Å². The minimum Gasteiger partial charge on any atom is -0.426 e. The van der Waals surface area contributed by atoms with Crippen molar-refractivity contribution in [3.05, 3.63) is 29.3 Å². The van der Waals surface area contributed by atoms with Crippen molar-refractivity contribution in [3.8, 4) is 5.75 Å². The van der Waals surface area contributed by atoms with E-state index in [9.17, 15) is 9.36 Å². The topological polar surface area (TPSA) is 61.8 Å². The van der Waals surface area contributed by atoms with Crippen molar-refractivity contribution in [2.24, 2.45) is 0 Å². The first-order valence-corrected chi connectivity index (χ1v) is 11.2. The van der Waals surface area contributed by atoms with Crippen molar-refractivity contribution in [2.75, 3.05) is 19.4 Å². The van der Waals surface area contributed by atoms with E-state index in [-0.39, 0.29) is 30.1 Å². The van der Waals surface area contributed by atoms with Crippen LogP contribution in [0.25, 0.3) is 0 Å². The molecule has 0 saturated heterocycles. The van der Waals surface area contributed by atoms with Gasteiger partial charge in [-0.3, -0.25) is 9.36 Å². The molecule has 0 unspecified atom stereocenters. The van der Waals surface area contributed by atoms with Crippen LogP contribution in [0.5, 0.6) is 5.75 Å². The molecule has 1 rings (SSSR count). The van der Waals surface area contributed by atoms with Gasteiger partial charge in [0.1, 0.15) is 11.9 Å². The van der Waals surface area contributed by atoms with Crippen molar-refractivity contribution in [1.29, 1.82) is 0 Å². The van der Waals surface area contributed by atoms with Crippen LogP contribution in [0.15, 0.2) is 18.2 Å². The first kappa shape index (κ1) is 24.6. The maximum Gasteiger partial charge on any atom is 0.341 e. The Kier molecular flexibility index (Phi) is 9.34. The summed E-state index contributed by atoms with van der Waals surface area (Å²) in [5, 5.41) is 0. The van der Waals surface area contributed by atoms with Gasteiger partial charge >= 0.3 is 13.6 Å². The lowest BCUT2D eigenvalue weighted by molar-refractivity contribution is -0.131. The van der Waals surface area contributed by atoms with E-state index in [1.807, 2.05) is 0 Å². The number of hydrogen-bond acceptors (Lipinski definition) is 5. The molecule has 0 spiro atoms. The number of esters is 1. The van der Waals surface area contributed by atoms with Gasteiger partial charge in [-0.05, 0) is 26.0 Å². The van der Waals surface area contributed by atoms with Crippen LogP contribution in [0.2, 0.25) is 0 Å². The van der Waals surface area contributed by atoms with E-state index in [0.717, 1.165) is 0 Å². The molecule has 0 N–H and O–H groups in total. The molecule has 0 aromatic heterocycles. The Morgan fingerprint density at radius 1 is 1.00 bits per heavy atom. The molecule has 1 aromatic carbocycles. The van der Waals surface area contributed by atoms with Gasteiger partial charge in [-0.2, -0.15) is 0 Å². The van der Waals surface area contributed by atoms with E-state index in [1.165, 1.54) is 18.2 Å². The summed E-state index contributed by atoms with van der Waals surface area (Å²) in [5.41, 5.74) is 0.181. The predicted molar refractivity (Wildman–Crippen MR) is 106 cm³/mol. The zero-order valence-electron chi connectivity index (χ0n) is 13.6. The van der Waals surface area contributed by atoms with Crippen LogP contribution in [0, 0.1) is 0 Å². The molecule has 0 radical (unpaired) electrons. The highest BCUT2D eigenvalue weighted by molar-refractivity contribution is 7.54. The molecule has 0 aliphatic heterocycles. The van der Waals surface area contributed by atoms with Crippen LogP contribution < -0.4 is 4.74 Å². The van der Waals surface area contributed by atoms with Gasteiger partial charge in [0.15, 0.2) is 0 Å². The summed E-state index contributed by atoms with van der Waals surface area (Å²) in [4.78, 5) is 12.2. The van der Waals surface area contributed by atoms with E-state index < -0.39 is 27.3 Å². The van der Waals surface area contributed by atoms with E-state index in [4.69, 9.17) is 83.4 Å². The first-order valence-electron chi connectivity index (χ1n) is 7.19. The Morgan fingerprint density at radius 2 is 1.54 bits per heavy atom. The zero-order chi connectivity index (χ0) is 20.2. The Bertz CT molecular complexity index is 675. The molecule has 1 aromatic rings. The summed E-state index contributed by atoms with van der Waals surface area (Å²) >= 11 is 35.2. The average molecular weight is 507 g/mol. The number of carbonyl (C=O) groups excluding carboxylic acids is 1. The standard InChI is InChI=1S/C14H15Cl6O5P/c1-3-23-26(22,24-4-2)8-12(21)25-11-6-5-9(13(15,16)17)7-10(11)14(18,19)20/h5-7H,3-4,8H2,1-2H3. The number of rotatable bonds is 7. The number of halogens is 6. The predicted octanol–water partition coefficient (Wildman–Crippen LogP) is 6.51. The number of carbonyl (C=O) groups is 1. The summed E-state index contributed by atoms with van der Waals surface area (Å²) in [5.74, 6) is -0.986. The smallest absolute Gasteiger partial charge is 0.341 e. The van der Waals surface area contributed by atoms with E-state index in [2.05, 4.69) is 0 Å². The molecular weight excluding hydrogens is 492 g/mol. The van der Waals surface area contributed by atoms with Gasteiger partial charge < -0.3 is 13.8 Å². The van der Waals surface area contributed by atoms with E-state index in [1.54, 1.807) is 13.8 Å². The largest absolute Gasteiger partial charge is 0.426 e. The van der Waals surface area contributed by atoms with Gasteiger partial charge in [0, 0.05) is 11.1 Å². The third-order valence-electron chi connectivity index (χ3n) is 2.81. The quantitative estimate of drug-likeness (QED) is 0.182. The lowest BCUT2D eigenvalue weighted by Gasteiger charge is -2.20. The number of alkyl halides is 6. The van der Waals surface area contributed by atoms with Crippen LogP contribution in [0.1, 0.15) is 25.0 Å². The molecule has 0 heterocycles. The van der Waals surface area contributed by atoms with Crippen molar-refractivity contribution in [3.63, 3.8) is 0 Å². The fourth-order valence-electron chi connectivity index (χ4n) is 1.85. The Morgan fingerprint density at radius 3 is 1.96 bits per heavy atom. The molecular formula is C14H15Cl6O5P. The van der Waals surface area contributed by atoms with Gasteiger partial charge in [0.2, 0.25) is 7.59 Å². The van der Waals surface area contributed by atoms with Crippen molar-refractivity contribution >= 4 is 83.2 Å². The van der Waals surface area contributed by atoms with Crippen molar-refractivity contribution < 1.29 is 23.1 Å². The summed E-state index contributed by atoms with van der Waals surface area (Å²) in [6.45, 7) is 3.44. The van der Waals surface area contributed by atoms with Gasteiger partial charge in [-0.25, -0.2) is 0 Å². The minimum absolute atomic E-state index is 0.0256. The molecule has 5 nitrogen and oxygen atoms in total. The average Bonchev–Trinajstić information content (AvgIpc) is 2.45. The Balaban J connectivity index is 3.12. The van der Waals surface area contributed by atoms with Gasteiger partial charge in [0.05, 0.1) is 13.2 Å². The SMILES string of the molecule is CCOP(=O)(CC(=O)Oc1ccc(C(Cl)(Cl)Cl)cc1C(Cl)(Cl)Cl)OCC. The lowest BCUT2D eigenvalue weighted by Crippen LogP contribution is -2.18. The maximum absolute atomic E-state index is 12.4. The van der Waals surface area contributed by atoms with Gasteiger partial charge in [-0.1, -0.05) is 75.7 Å². The van der Waals surface area contributed by atoms with E-state index >= 15 is 0 Å². The van der Waals surface area contributed by atoms with Gasteiger partial charge in [0.25, 0.3) is 0 Å². The Labute approximate surface area is 181 Å². The molecule has 26 heavy (non-hydrogen) atoms. The van der Waals surface area contributed by atoms with Crippen molar-refractivity contribution in [2.45, 2.75) is 21.4 Å². The molecule has 0 saturated carbocycles. The molecule has 148 valence electrons. The normalized spacial score (nSPS) is 12.9. The lowest BCUT2D eigenvalue weighted by atomic mass is 10.1. The minimum atomic E-state index is -3.64. The first-order chi connectivity index (χ1) is 11.8. The second-order valence-corrected chi connectivity index (χ2v) is 11.4. The molecule has 0 atom stereocenters. The molecule has 12 heteroatoms.